The normalized spacial score (nSPS) is 7.12. The first-order valence-corrected chi connectivity index (χ1v) is 2.09. The number of carbonyl (C=O) groups excluding carboxylic acids is 2. The molecule has 0 aromatic carbocycles. The van der Waals surface area contributed by atoms with E-state index in [0.717, 1.165) is 6.08 Å². The lowest BCUT2D eigenvalue weighted by molar-refractivity contribution is -0.132. The van der Waals surface area contributed by atoms with Crippen molar-refractivity contribution in [3.05, 3.63) is 18.4 Å². The van der Waals surface area contributed by atoms with Crippen molar-refractivity contribution >= 4 is 11.6 Å². The maximum Gasteiger partial charge on any atom is 0.228 e. The quantitative estimate of drug-likeness (QED) is 0.294. The summed E-state index contributed by atoms with van der Waals surface area (Å²) in [5.41, 5.74) is 2.20. The molecule has 0 fully saturated rings. The molecule has 0 aromatic heterocycles. The molecule has 0 N–H and O–H groups in total. The Kier molecular flexibility index (Phi) is 2.52. The van der Waals surface area contributed by atoms with Gasteiger partial charge in [-0.1, -0.05) is 6.58 Å². The number of carbonyl (C=O) groups is 2. The zero-order valence-electron chi connectivity index (χ0n) is 4.60. The molecule has 0 heterocycles. The lowest BCUT2D eigenvalue weighted by Gasteiger charge is -1.76. The molecule has 0 rings (SSSR count). The van der Waals surface area contributed by atoms with Crippen molar-refractivity contribution in [1.29, 1.82) is 0 Å². The van der Waals surface area contributed by atoms with Crippen LogP contribution in [0.5, 0.6) is 0 Å². The van der Waals surface area contributed by atoms with Gasteiger partial charge in [-0.3, -0.25) is 9.59 Å². The molecule has 0 aliphatic rings. The Balaban J connectivity index is 4.05. The molecule has 42 valence electrons. The number of allylic oxidation sites excluding steroid dienone is 1. The van der Waals surface area contributed by atoms with Gasteiger partial charge in [0.05, 0.1) is 0 Å². The lowest BCUT2D eigenvalue weighted by Crippen LogP contribution is -2.03. The van der Waals surface area contributed by atoms with Gasteiger partial charge in [0, 0.05) is 13.0 Å². The topological polar surface area (TPSA) is 34.1 Å². The second-order valence-electron chi connectivity index (χ2n) is 1.27. The van der Waals surface area contributed by atoms with Crippen molar-refractivity contribution in [2.45, 2.75) is 6.92 Å². The zero-order chi connectivity index (χ0) is 6.57. The summed E-state index contributed by atoms with van der Waals surface area (Å²) in [6.07, 6.45) is 1.02. The molecule has 0 spiro atoms. The fraction of sp³-hybridized carbons (Fsp3) is 0.167. The average molecular weight is 110 g/mol. The molecule has 0 saturated carbocycles. The molecule has 0 aliphatic heterocycles. The van der Waals surface area contributed by atoms with Crippen molar-refractivity contribution in [2.24, 2.45) is 0 Å². The Morgan fingerprint density at radius 1 is 1.62 bits per heavy atom. The first-order valence-electron chi connectivity index (χ1n) is 2.09. The summed E-state index contributed by atoms with van der Waals surface area (Å²) in [7, 11) is 0. The molecular weight excluding hydrogens is 104 g/mol. The molecule has 8 heavy (non-hydrogen) atoms. The fourth-order valence-corrected chi connectivity index (χ4v) is 0.194. The summed E-state index contributed by atoms with van der Waals surface area (Å²) in [5, 5.41) is 0. The monoisotopic (exact) mass is 110 g/mol. The van der Waals surface area contributed by atoms with E-state index in [0.29, 0.717) is 0 Å². The minimum atomic E-state index is -0.556. The van der Waals surface area contributed by atoms with Crippen molar-refractivity contribution in [2.75, 3.05) is 0 Å². The van der Waals surface area contributed by atoms with Crippen molar-refractivity contribution in [3.8, 4) is 0 Å². The number of hydrogen-bond donors (Lipinski definition) is 0. The maximum atomic E-state index is 10.2. The van der Waals surface area contributed by atoms with Crippen LogP contribution in [0.15, 0.2) is 18.4 Å². The molecule has 2 heteroatoms. The largest absolute Gasteiger partial charge is 0.291 e. The van der Waals surface area contributed by atoms with E-state index in [-0.39, 0.29) is 0 Å². The second-order valence-corrected chi connectivity index (χ2v) is 1.27. The van der Waals surface area contributed by atoms with E-state index in [4.69, 9.17) is 0 Å². The first-order chi connectivity index (χ1) is 3.68. The van der Waals surface area contributed by atoms with Crippen molar-refractivity contribution in [3.63, 3.8) is 0 Å². The van der Waals surface area contributed by atoms with Gasteiger partial charge in [-0.2, -0.15) is 0 Å². The summed E-state index contributed by atoms with van der Waals surface area (Å²) in [4.78, 5) is 20.3. The SMILES string of the molecule is C=C=CC(=O)C(C)=O. The number of hydrogen-bond acceptors (Lipinski definition) is 2. The van der Waals surface area contributed by atoms with Crippen LogP contribution in [-0.2, 0) is 9.59 Å². The van der Waals surface area contributed by atoms with Crippen LogP contribution in [0.3, 0.4) is 0 Å². The second kappa shape index (κ2) is 2.94. The standard InChI is InChI=1S/C6H6O2/c1-3-4-6(8)5(2)7/h4H,1H2,2H3. The first kappa shape index (κ1) is 6.86. The predicted molar refractivity (Wildman–Crippen MR) is 29.4 cm³/mol. The van der Waals surface area contributed by atoms with Crippen LogP contribution in [0.25, 0.3) is 0 Å². The van der Waals surface area contributed by atoms with Crippen molar-refractivity contribution in [1.82, 2.24) is 0 Å². The van der Waals surface area contributed by atoms with Gasteiger partial charge >= 0.3 is 0 Å². The smallest absolute Gasteiger partial charge is 0.228 e. The maximum absolute atomic E-state index is 10.2. The third-order valence-electron chi connectivity index (χ3n) is 0.580. The molecule has 0 saturated heterocycles. The minimum absolute atomic E-state index is 0.485. The average Bonchev–Trinajstić information content (AvgIpc) is 1.67. The highest BCUT2D eigenvalue weighted by Gasteiger charge is 1.99. The highest BCUT2D eigenvalue weighted by Crippen LogP contribution is 1.74. The van der Waals surface area contributed by atoms with E-state index < -0.39 is 11.6 Å². The summed E-state index contributed by atoms with van der Waals surface area (Å²) in [6, 6.07) is 0. The summed E-state index contributed by atoms with van der Waals surface area (Å²) >= 11 is 0. The lowest BCUT2D eigenvalue weighted by atomic mass is 10.3. The van der Waals surface area contributed by atoms with Gasteiger partial charge in [-0.05, 0) is 0 Å². The highest BCUT2D eigenvalue weighted by atomic mass is 16.2. The molecular formula is C6H6O2. The van der Waals surface area contributed by atoms with Gasteiger partial charge in [-0.15, -0.1) is 5.73 Å². The highest BCUT2D eigenvalue weighted by molar-refractivity contribution is 6.40. The van der Waals surface area contributed by atoms with Crippen LogP contribution in [0.1, 0.15) is 6.92 Å². The van der Waals surface area contributed by atoms with Gasteiger partial charge in [0.2, 0.25) is 5.78 Å². The van der Waals surface area contributed by atoms with E-state index in [9.17, 15) is 9.59 Å². The molecule has 0 amide bonds. The van der Waals surface area contributed by atoms with E-state index in [1.807, 2.05) is 0 Å². The molecule has 0 aliphatic carbocycles. The number of ketones is 2. The Hall–Kier alpha value is -1.14. The number of rotatable bonds is 2. The van der Waals surface area contributed by atoms with Gasteiger partial charge in [-0.25, -0.2) is 0 Å². The molecule has 0 bridgehead atoms. The Bertz CT molecular complexity index is 157. The minimum Gasteiger partial charge on any atom is -0.291 e. The summed E-state index contributed by atoms with van der Waals surface area (Å²) < 4.78 is 0. The Morgan fingerprint density at radius 3 is 2.25 bits per heavy atom. The Labute approximate surface area is 47.5 Å². The van der Waals surface area contributed by atoms with E-state index in [1.165, 1.54) is 6.92 Å². The van der Waals surface area contributed by atoms with E-state index >= 15 is 0 Å². The zero-order valence-corrected chi connectivity index (χ0v) is 4.60. The van der Waals surface area contributed by atoms with Gasteiger partial charge < -0.3 is 0 Å². The summed E-state index contributed by atoms with van der Waals surface area (Å²) in [6.45, 7) is 4.33. The van der Waals surface area contributed by atoms with E-state index in [2.05, 4.69) is 12.3 Å². The van der Waals surface area contributed by atoms with Crippen LogP contribution < -0.4 is 0 Å². The number of Topliss-reactive ketones (excluding diaryl/α,β-unsaturated/α-hetero) is 1. The van der Waals surface area contributed by atoms with Gasteiger partial charge in [0.1, 0.15) is 0 Å². The van der Waals surface area contributed by atoms with E-state index in [1.54, 1.807) is 0 Å². The molecule has 2 nitrogen and oxygen atoms in total. The van der Waals surface area contributed by atoms with Crippen LogP contribution in [0.2, 0.25) is 0 Å². The van der Waals surface area contributed by atoms with Crippen LogP contribution in [-0.4, -0.2) is 11.6 Å². The van der Waals surface area contributed by atoms with Crippen LogP contribution in [0, 0.1) is 0 Å². The van der Waals surface area contributed by atoms with Gasteiger partial charge in [0.25, 0.3) is 0 Å². The summed E-state index contributed by atoms with van der Waals surface area (Å²) in [5.74, 6) is -1.04. The van der Waals surface area contributed by atoms with Gasteiger partial charge in [0.15, 0.2) is 5.78 Å². The Morgan fingerprint density at radius 2 is 2.12 bits per heavy atom. The van der Waals surface area contributed by atoms with Crippen LogP contribution in [0.4, 0.5) is 0 Å². The molecule has 0 aromatic rings. The fourth-order valence-electron chi connectivity index (χ4n) is 0.194. The van der Waals surface area contributed by atoms with Crippen LogP contribution >= 0.6 is 0 Å². The predicted octanol–water partition coefficient (Wildman–Crippen LogP) is 0.486. The molecule has 0 unspecified atom stereocenters. The molecule has 0 radical (unpaired) electrons. The molecule has 0 atom stereocenters. The van der Waals surface area contributed by atoms with Crippen molar-refractivity contribution < 1.29 is 9.59 Å². The third kappa shape index (κ3) is 2.11. The third-order valence-corrected chi connectivity index (χ3v) is 0.580.